The molecule has 126 valence electrons. The molecule has 0 aliphatic heterocycles. The van der Waals surface area contributed by atoms with Gasteiger partial charge in [0.15, 0.2) is 6.61 Å². The van der Waals surface area contributed by atoms with E-state index < -0.39 is 18.5 Å². The summed E-state index contributed by atoms with van der Waals surface area (Å²) in [6, 6.07) is 10.6. The van der Waals surface area contributed by atoms with Gasteiger partial charge in [-0.05, 0) is 35.2 Å². The lowest BCUT2D eigenvalue weighted by Gasteiger charge is -2.19. The van der Waals surface area contributed by atoms with Gasteiger partial charge < -0.3 is 10.1 Å². The number of hydrogen-bond acceptors (Lipinski definition) is 4. The second-order valence-electron chi connectivity index (χ2n) is 6.29. The molecule has 1 aromatic heterocycles. The Labute approximate surface area is 146 Å². The number of carbonyl (C=O) groups excluding carboxylic acids is 2. The molecule has 0 saturated carbocycles. The highest BCUT2D eigenvalue weighted by molar-refractivity contribution is 6.32. The molecule has 24 heavy (non-hydrogen) atoms. The Kier molecular flexibility index (Phi) is 5.57. The van der Waals surface area contributed by atoms with Crippen LogP contribution in [0.5, 0.6) is 0 Å². The first kappa shape index (κ1) is 17.9. The molecular formula is C18H19ClN2O3. The third-order valence-corrected chi connectivity index (χ3v) is 3.65. The van der Waals surface area contributed by atoms with Gasteiger partial charge in [-0.15, -0.1) is 0 Å². The standard InChI is InChI=1S/C18H19ClN2O3/c1-18(2,3)12-6-8-13(9-7-12)21-15(22)11-24-17(23)14-5-4-10-20-16(14)19/h4-10H,11H2,1-3H3,(H,21,22). The number of carbonyl (C=O) groups is 2. The fraction of sp³-hybridized carbons (Fsp3) is 0.278. The smallest absolute Gasteiger partial charge is 0.341 e. The summed E-state index contributed by atoms with van der Waals surface area (Å²) in [6.45, 7) is 5.95. The van der Waals surface area contributed by atoms with Gasteiger partial charge in [0, 0.05) is 11.9 Å². The maximum atomic E-state index is 11.9. The molecule has 1 amide bonds. The number of hydrogen-bond donors (Lipinski definition) is 1. The number of aromatic nitrogens is 1. The van der Waals surface area contributed by atoms with Crippen molar-refractivity contribution >= 4 is 29.2 Å². The summed E-state index contributed by atoms with van der Waals surface area (Å²) in [6.07, 6.45) is 1.47. The Hall–Kier alpha value is -2.40. The molecule has 5 nitrogen and oxygen atoms in total. The van der Waals surface area contributed by atoms with Gasteiger partial charge in [-0.3, -0.25) is 4.79 Å². The van der Waals surface area contributed by atoms with Crippen molar-refractivity contribution in [3.05, 3.63) is 58.9 Å². The number of ether oxygens (including phenoxy) is 1. The van der Waals surface area contributed by atoms with Crippen LogP contribution in [0.15, 0.2) is 42.6 Å². The third kappa shape index (κ3) is 4.80. The minimum Gasteiger partial charge on any atom is -0.452 e. The average Bonchev–Trinajstić information content (AvgIpc) is 2.53. The predicted octanol–water partition coefficient (Wildman–Crippen LogP) is 3.83. The van der Waals surface area contributed by atoms with Crippen LogP contribution in [0.4, 0.5) is 5.69 Å². The van der Waals surface area contributed by atoms with Gasteiger partial charge in [-0.2, -0.15) is 0 Å². The number of benzene rings is 1. The maximum Gasteiger partial charge on any atom is 0.341 e. The summed E-state index contributed by atoms with van der Waals surface area (Å²) in [4.78, 5) is 27.5. The van der Waals surface area contributed by atoms with Gasteiger partial charge in [0.2, 0.25) is 0 Å². The van der Waals surface area contributed by atoms with Gasteiger partial charge >= 0.3 is 5.97 Å². The molecule has 0 radical (unpaired) electrons. The van der Waals surface area contributed by atoms with Crippen molar-refractivity contribution in [3.8, 4) is 0 Å². The van der Waals surface area contributed by atoms with Crippen LogP contribution in [0.3, 0.4) is 0 Å². The molecule has 0 fully saturated rings. The molecule has 0 spiro atoms. The number of amides is 1. The number of anilines is 1. The molecule has 2 aromatic rings. The normalized spacial score (nSPS) is 11.0. The quantitative estimate of drug-likeness (QED) is 0.674. The molecule has 6 heteroatoms. The SMILES string of the molecule is CC(C)(C)c1ccc(NC(=O)COC(=O)c2cccnc2Cl)cc1. The van der Waals surface area contributed by atoms with E-state index in [0.717, 1.165) is 5.56 Å². The lowest BCUT2D eigenvalue weighted by atomic mass is 9.87. The predicted molar refractivity (Wildman–Crippen MR) is 93.3 cm³/mol. The zero-order valence-electron chi connectivity index (χ0n) is 13.8. The highest BCUT2D eigenvalue weighted by Gasteiger charge is 2.15. The Balaban J connectivity index is 1.90. The van der Waals surface area contributed by atoms with Crippen molar-refractivity contribution in [2.24, 2.45) is 0 Å². The van der Waals surface area contributed by atoms with Crippen LogP contribution in [0.1, 0.15) is 36.7 Å². The summed E-state index contributed by atoms with van der Waals surface area (Å²) in [5.74, 6) is -1.11. The van der Waals surface area contributed by atoms with Gasteiger partial charge in [-0.25, -0.2) is 9.78 Å². The van der Waals surface area contributed by atoms with Gasteiger partial charge in [-0.1, -0.05) is 44.5 Å². The maximum absolute atomic E-state index is 11.9. The summed E-state index contributed by atoms with van der Waals surface area (Å²) in [7, 11) is 0. The number of pyridine rings is 1. The van der Waals surface area contributed by atoms with Crippen molar-refractivity contribution < 1.29 is 14.3 Å². The second-order valence-corrected chi connectivity index (χ2v) is 6.65. The first-order valence-corrected chi connectivity index (χ1v) is 7.83. The molecule has 0 aliphatic rings. The van der Waals surface area contributed by atoms with Crippen molar-refractivity contribution in [2.75, 3.05) is 11.9 Å². The first-order valence-electron chi connectivity index (χ1n) is 7.45. The molecular weight excluding hydrogens is 328 g/mol. The Morgan fingerprint density at radius 3 is 2.42 bits per heavy atom. The van der Waals surface area contributed by atoms with E-state index >= 15 is 0 Å². The van der Waals surface area contributed by atoms with Crippen LogP contribution in [0.2, 0.25) is 5.15 Å². The van der Waals surface area contributed by atoms with Crippen molar-refractivity contribution in [2.45, 2.75) is 26.2 Å². The molecule has 0 unspecified atom stereocenters. The van der Waals surface area contributed by atoms with E-state index in [4.69, 9.17) is 16.3 Å². The fourth-order valence-corrected chi connectivity index (χ4v) is 2.19. The monoisotopic (exact) mass is 346 g/mol. The molecule has 1 aromatic carbocycles. The number of nitrogens with zero attached hydrogens (tertiary/aromatic N) is 1. The van der Waals surface area contributed by atoms with Crippen molar-refractivity contribution in [1.29, 1.82) is 0 Å². The summed E-state index contributed by atoms with van der Waals surface area (Å²) in [5, 5.41) is 2.72. The summed E-state index contributed by atoms with van der Waals surface area (Å²) in [5.41, 5.74) is 1.98. The largest absolute Gasteiger partial charge is 0.452 e. The van der Waals surface area contributed by atoms with Gasteiger partial charge in [0.1, 0.15) is 5.15 Å². The molecule has 2 rings (SSSR count). The van der Waals surface area contributed by atoms with Crippen LogP contribution >= 0.6 is 11.6 Å². The van der Waals surface area contributed by atoms with Crippen molar-refractivity contribution in [1.82, 2.24) is 4.98 Å². The van der Waals surface area contributed by atoms with Crippen LogP contribution in [0, 0.1) is 0 Å². The van der Waals surface area contributed by atoms with Crippen LogP contribution < -0.4 is 5.32 Å². The summed E-state index contributed by atoms with van der Waals surface area (Å²) >= 11 is 5.80. The van der Waals surface area contributed by atoms with Crippen LogP contribution in [0.25, 0.3) is 0 Å². The van der Waals surface area contributed by atoms with Crippen LogP contribution in [-0.2, 0) is 14.9 Å². The van der Waals surface area contributed by atoms with E-state index in [1.807, 2.05) is 24.3 Å². The average molecular weight is 347 g/mol. The molecule has 1 heterocycles. The van der Waals surface area contributed by atoms with E-state index in [1.165, 1.54) is 12.3 Å². The molecule has 0 aliphatic carbocycles. The van der Waals surface area contributed by atoms with Crippen molar-refractivity contribution in [3.63, 3.8) is 0 Å². The minimum absolute atomic E-state index is 0.0423. The van der Waals surface area contributed by atoms with E-state index in [-0.39, 0.29) is 16.1 Å². The third-order valence-electron chi connectivity index (χ3n) is 3.35. The number of rotatable bonds is 4. The molecule has 1 N–H and O–H groups in total. The zero-order valence-corrected chi connectivity index (χ0v) is 14.6. The molecule has 0 saturated heterocycles. The Bertz CT molecular complexity index is 737. The molecule has 0 bridgehead atoms. The lowest BCUT2D eigenvalue weighted by Crippen LogP contribution is -2.21. The van der Waals surface area contributed by atoms with E-state index in [1.54, 1.807) is 6.07 Å². The first-order chi connectivity index (χ1) is 11.3. The number of halogens is 1. The highest BCUT2D eigenvalue weighted by atomic mass is 35.5. The number of esters is 1. The Morgan fingerprint density at radius 2 is 1.83 bits per heavy atom. The van der Waals surface area contributed by atoms with E-state index in [2.05, 4.69) is 31.1 Å². The topological polar surface area (TPSA) is 68.3 Å². The van der Waals surface area contributed by atoms with Crippen LogP contribution in [-0.4, -0.2) is 23.5 Å². The van der Waals surface area contributed by atoms with Gasteiger partial charge in [0.05, 0.1) is 5.56 Å². The Morgan fingerprint density at radius 1 is 1.17 bits per heavy atom. The van der Waals surface area contributed by atoms with E-state index in [0.29, 0.717) is 5.69 Å². The number of nitrogens with one attached hydrogen (secondary N) is 1. The highest BCUT2D eigenvalue weighted by Crippen LogP contribution is 2.23. The lowest BCUT2D eigenvalue weighted by molar-refractivity contribution is -0.119. The zero-order chi connectivity index (χ0) is 17.7. The van der Waals surface area contributed by atoms with Gasteiger partial charge in [0.25, 0.3) is 5.91 Å². The fourth-order valence-electron chi connectivity index (χ4n) is 2.00. The minimum atomic E-state index is -0.689. The van der Waals surface area contributed by atoms with E-state index in [9.17, 15) is 9.59 Å². The second kappa shape index (κ2) is 7.45. The summed E-state index contributed by atoms with van der Waals surface area (Å²) < 4.78 is 4.95. The molecule has 0 atom stereocenters.